The Morgan fingerprint density at radius 2 is 2.05 bits per heavy atom. The van der Waals surface area contributed by atoms with E-state index in [9.17, 15) is 0 Å². The normalized spacial score (nSPS) is 14.5. The fraction of sp³-hybridized carbons (Fsp3) is 0.286. The molecule has 1 aromatic carbocycles. The number of nitrogens with zero attached hydrogens (tertiary/aromatic N) is 3. The van der Waals surface area contributed by atoms with E-state index in [1.807, 2.05) is 18.2 Å². The predicted molar refractivity (Wildman–Crippen MR) is 72.9 cm³/mol. The third-order valence-electron chi connectivity index (χ3n) is 3.20. The minimum absolute atomic E-state index is 0.391. The van der Waals surface area contributed by atoms with Gasteiger partial charge in [0.1, 0.15) is 12.4 Å². The number of ether oxygens (including phenoxy) is 1. The number of nitrogens with two attached hydrogens (primary N) is 1. The highest BCUT2D eigenvalue weighted by molar-refractivity contribution is 5.46. The van der Waals surface area contributed by atoms with Crippen LogP contribution in [0.4, 0.5) is 5.82 Å². The van der Waals surface area contributed by atoms with E-state index in [1.54, 1.807) is 12.4 Å². The Morgan fingerprint density at radius 1 is 1.21 bits per heavy atom. The number of benzene rings is 1. The van der Waals surface area contributed by atoms with Gasteiger partial charge in [-0.3, -0.25) is 4.98 Å². The number of fused-ring (bicyclic) bond motifs is 1. The summed E-state index contributed by atoms with van der Waals surface area (Å²) >= 11 is 0. The zero-order chi connectivity index (χ0) is 13.1. The van der Waals surface area contributed by atoms with Crippen molar-refractivity contribution in [1.29, 1.82) is 0 Å². The zero-order valence-electron chi connectivity index (χ0n) is 10.6. The van der Waals surface area contributed by atoms with E-state index in [4.69, 9.17) is 10.5 Å². The molecule has 2 heterocycles. The number of hydrogen-bond acceptors (Lipinski definition) is 5. The van der Waals surface area contributed by atoms with E-state index in [2.05, 4.69) is 20.9 Å². The molecule has 5 heteroatoms. The largest absolute Gasteiger partial charge is 0.491 e. The minimum Gasteiger partial charge on any atom is -0.491 e. The minimum atomic E-state index is 0.391. The summed E-state index contributed by atoms with van der Waals surface area (Å²) in [4.78, 5) is 10.9. The van der Waals surface area contributed by atoms with Crippen molar-refractivity contribution >= 4 is 5.82 Å². The maximum absolute atomic E-state index is 5.75. The van der Waals surface area contributed by atoms with Crippen LogP contribution in [0.25, 0.3) is 0 Å². The summed E-state index contributed by atoms with van der Waals surface area (Å²) in [6.45, 7) is 2.57. The standard InChI is InChI=1S/C14H16N4O/c15-9-12-14(17-6-5-16-12)18-7-8-19-13-4-2-1-3-11(13)10-18/h1-6H,7-10,15H2. The molecule has 1 aromatic heterocycles. The molecule has 0 radical (unpaired) electrons. The van der Waals surface area contributed by atoms with Gasteiger partial charge in [0.15, 0.2) is 5.82 Å². The molecule has 1 aliphatic heterocycles. The Balaban J connectivity index is 1.94. The van der Waals surface area contributed by atoms with E-state index in [0.29, 0.717) is 13.2 Å². The van der Waals surface area contributed by atoms with Crippen LogP contribution in [0.2, 0.25) is 0 Å². The number of aromatic nitrogens is 2. The predicted octanol–water partition coefficient (Wildman–Crippen LogP) is 1.33. The van der Waals surface area contributed by atoms with Crippen molar-refractivity contribution in [3.8, 4) is 5.75 Å². The summed E-state index contributed by atoms with van der Waals surface area (Å²) in [6, 6.07) is 8.08. The quantitative estimate of drug-likeness (QED) is 0.878. The maximum Gasteiger partial charge on any atom is 0.152 e. The van der Waals surface area contributed by atoms with Crippen LogP contribution in [0.3, 0.4) is 0 Å². The first kappa shape index (κ1) is 11.9. The molecule has 5 nitrogen and oxygen atoms in total. The van der Waals surface area contributed by atoms with Crippen molar-refractivity contribution in [2.24, 2.45) is 5.73 Å². The fourth-order valence-electron chi connectivity index (χ4n) is 2.27. The Labute approximate surface area is 112 Å². The van der Waals surface area contributed by atoms with Gasteiger partial charge in [-0.25, -0.2) is 4.98 Å². The summed E-state index contributed by atoms with van der Waals surface area (Å²) in [6.07, 6.45) is 3.38. The van der Waals surface area contributed by atoms with Gasteiger partial charge in [0.2, 0.25) is 0 Å². The zero-order valence-corrected chi connectivity index (χ0v) is 10.6. The molecule has 0 bridgehead atoms. The van der Waals surface area contributed by atoms with Crippen LogP contribution < -0.4 is 15.4 Å². The average molecular weight is 256 g/mol. The molecular formula is C14H16N4O. The number of hydrogen-bond donors (Lipinski definition) is 1. The van der Waals surface area contributed by atoms with Gasteiger partial charge in [-0.1, -0.05) is 18.2 Å². The van der Waals surface area contributed by atoms with Gasteiger partial charge in [-0.2, -0.15) is 0 Å². The smallest absolute Gasteiger partial charge is 0.152 e. The number of rotatable bonds is 2. The molecule has 0 saturated heterocycles. The van der Waals surface area contributed by atoms with E-state index < -0.39 is 0 Å². The molecule has 1 aliphatic rings. The van der Waals surface area contributed by atoms with Gasteiger partial charge in [0, 0.05) is 31.0 Å². The van der Waals surface area contributed by atoms with Crippen LogP contribution in [-0.4, -0.2) is 23.1 Å². The SMILES string of the molecule is NCc1nccnc1N1CCOc2ccccc2C1. The van der Waals surface area contributed by atoms with E-state index in [0.717, 1.165) is 35.9 Å². The van der Waals surface area contributed by atoms with Crippen molar-refractivity contribution in [3.63, 3.8) is 0 Å². The first-order valence-electron chi connectivity index (χ1n) is 6.34. The van der Waals surface area contributed by atoms with Gasteiger partial charge >= 0.3 is 0 Å². The molecule has 98 valence electrons. The Bertz CT molecular complexity index is 573. The van der Waals surface area contributed by atoms with Crippen LogP contribution in [0.1, 0.15) is 11.3 Å². The Morgan fingerprint density at radius 3 is 2.95 bits per heavy atom. The molecule has 0 aliphatic carbocycles. The molecular weight excluding hydrogens is 240 g/mol. The molecule has 3 rings (SSSR count). The third kappa shape index (κ3) is 2.37. The van der Waals surface area contributed by atoms with Gasteiger partial charge in [-0.05, 0) is 6.07 Å². The Hall–Kier alpha value is -2.14. The van der Waals surface area contributed by atoms with Crippen LogP contribution in [0.15, 0.2) is 36.7 Å². The van der Waals surface area contributed by atoms with Crippen molar-refractivity contribution in [2.75, 3.05) is 18.1 Å². The van der Waals surface area contributed by atoms with Crippen molar-refractivity contribution in [1.82, 2.24) is 9.97 Å². The van der Waals surface area contributed by atoms with Gasteiger partial charge in [-0.15, -0.1) is 0 Å². The second kappa shape index (κ2) is 5.24. The van der Waals surface area contributed by atoms with Crippen LogP contribution in [0.5, 0.6) is 5.75 Å². The molecule has 0 saturated carbocycles. The first-order chi connectivity index (χ1) is 9.38. The van der Waals surface area contributed by atoms with Crippen molar-refractivity contribution in [3.05, 3.63) is 47.9 Å². The molecule has 0 unspecified atom stereocenters. The molecule has 0 atom stereocenters. The molecule has 0 amide bonds. The second-order valence-corrected chi connectivity index (χ2v) is 4.41. The number of anilines is 1. The average Bonchev–Trinajstić information content (AvgIpc) is 2.69. The highest BCUT2D eigenvalue weighted by Gasteiger charge is 2.18. The van der Waals surface area contributed by atoms with Gasteiger partial charge in [0.05, 0.1) is 12.2 Å². The lowest BCUT2D eigenvalue weighted by molar-refractivity contribution is 0.331. The number of para-hydroxylation sites is 1. The summed E-state index contributed by atoms with van der Waals surface area (Å²) in [5.41, 5.74) is 7.71. The van der Waals surface area contributed by atoms with Gasteiger partial charge < -0.3 is 15.4 Å². The Kier molecular flexibility index (Phi) is 3.29. The highest BCUT2D eigenvalue weighted by atomic mass is 16.5. The van der Waals surface area contributed by atoms with Crippen LogP contribution in [0, 0.1) is 0 Å². The lowest BCUT2D eigenvalue weighted by Gasteiger charge is -2.22. The lowest BCUT2D eigenvalue weighted by atomic mass is 10.2. The van der Waals surface area contributed by atoms with E-state index in [1.165, 1.54) is 0 Å². The summed E-state index contributed by atoms with van der Waals surface area (Å²) in [5, 5.41) is 0. The van der Waals surface area contributed by atoms with Crippen LogP contribution >= 0.6 is 0 Å². The molecule has 0 spiro atoms. The van der Waals surface area contributed by atoms with Crippen LogP contribution in [-0.2, 0) is 13.1 Å². The molecule has 2 aromatic rings. The van der Waals surface area contributed by atoms with Crippen molar-refractivity contribution in [2.45, 2.75) is 13.1 Å². The van der Waals surface area contributed by atoms with Gasteiger partial charge in [0.25, 0.3) is 0 Å². The molecule has 2 N–H and O–H groups in total. The fourth-order valence-corrected chi connectivity index (χ4v) is 2.27. The summed E-state index contributed by atoms with van der Waals surface area (Å²) < 4.78 is 5.75. The highest BCUT2D eigenvalue weighted by Crippen LogP contribution is 2.25. The maximum atomic E-state index is 5.75. The topological polar surface area (TPSA) is 64.3 Å². The third-order valence-corrected chi connectivity index (χ3v) is 3.20. The van der Waals surface area contributed by atoms with Crippen molar-refractivity contribution < 1.29 is 4.74 Å². The second-order valence-electron chi connectivity index (χ2n) is 4.41. The molecule has 0 fully saturated rings. The monoisotopic (exact) mass is 256 g/mol. The first-order valence-corrected chi connectivity index (χ1v) is 6.34. The summed E-state index contributed by atoms with van der Waals surface area (Å²) in [7, 11) is 0. The lowest BCUT2D eigenvalue weighted by Crippen LogP contribution is -2.28. The van der Waals surface area contributed by atoms with E-state index >= 15 is 0 Å². The summed E-state index contributed by atoms with van der Waals surface area (Å²) in [5.74, 6) is 1.80. The van der Waals surface area contributed by atoms with E-state index in [-0.39, 0.29) is 0 Å². The molecule has 19 heavy (non-hydrogen) atoms.